The van der Waals surface area contributed by atoms with Gasteiger partial charge in [-0.2, -0.15) is 0 Å². The number of ether oxygens (including phenoxy) is 3. The minimum atomic E-state index is -0.720. The van der Waals surface area contributed by atoms with Gasteiger partial charge in [-0.25, -0.2) is 9.59 Å². The molecular formula is C18H22O6. The topological polar surface area (TPSA) is 78.9 Å². The molecule has 1 aromatic carbocycles. The van der Waals surface area contributed by atoms with Crippen LogP contribution in [0.15, 0.2) is 41.5 Å². The van der Waals surface area contributed by atoms with Crippen molar-refractivity contribution in [3.8, 4) is 0 Å². The molecule has 0 unspecified atom stereocenters. The van der Waals surface area contributed by atoms with Gasteiger partial charge in [0.2, 0.25) is 0 Å². The average Bonchev–Trinajstić information content (AvgIpc) is 2.58. The molecule has 0 aliphatic carbocycles. The quantitative estimate of drug-likeness (QED) is 0.412. The number of hydrogen-bond donors (Lipinski definition) is 0. The third-order valence-electron chi connectivity index (χ3n) is 3.17. The van der Waals surface area contributed by atoms with Crippen LogP contribution < -0.4 is 0 Å². The molecular weight excluding hydrogens is 312 g/mol. The Labute approximate surface area is 141 Å². The zero-order valence-electron chi connectivity index (χ0n) is 14.2. The maximum absolute atomic E-state index is 12.2. The smallest absolute Gasteiger partial charge is 0.335 e. The maximum atomic E-state index is 12.2. The van der Waals surface area contributed by atoms with Crippen molar-refractivity contribution in [1.82, 2.24) is 0 Å². The van der Waals surface area contributed by atoms with Gasteiger partial charge in [0.25, 0.3) is 0 Å². The molecule has 0 N–H and O–H groups in total. The summed E-state index contributed by atoms with van der Waals surface area (Å²) in [7, 11) is 1.22. The summed E-state index contributed by atoms with van der Waals surface area (Å²) in [4.78, 5) is 36.2. The van der Waals surface area contributed by atoms with Gasteiger partial charge >= 0.3 is 17.9 Å². The number of carbonyl (C=O) groups is 3. The SMILES string of the molecule is CCOC(=O)C/C(C(=O)OCC)=C(/Cc1ccccc1)C(=O)OC. The number of benzene rings is 1. The van der Waals surface area contributed by atoms with E-state index in [0.717, 1.165) is 5.56 Å². The second-order valence-corrected chi connectivity index (χ2v) is 4.81. The predicted octanol–water partition coefficient (Wildman–Crippen LogP) is 2.21. The van der Waals surface area contributed by atoms with Crippen molar-refractivity contribution in [3.63, 3.8) is 0 Å². The molecule has 1 aromatic rings. The minimum absolute atomic E-state index is 0.0361. The van der Waals surface area contributed by atoms with Gasteiger partial charge in [-0.05, 0) is 19.4 Å². The minimum Gasteiger partial charge on any atom is -0.466 e. The van der Waals surface area contributed by atoms with Crippen molar-refractivity contribution in [2.75, 3.05) is 20.3 Å². The van der Waals surface area contributed by atoms with Crippen LogP contribution in [0.4, 0.5) is 0 Å². The lowest BCUT2D eigenvalue weighted by molar-refractivity contribution is -0.146. The zero-order valence-corrected chi connectivity index (χ0v) is 14.2. The fourth-order valence-electron chi connectivity index (χ4n) is 2.10. The third kappa shape index (κ3) is 5.87. The Balaban J connectivity index is 3.27. The van der Waals surface area contributed by atoms with E-state index in [0.29, 0.717) is 0 Å². The first-order chi connectivity index (χ1) is 11.5. The molecule has 6 heteroatoms. The number of rotatable bonds is 8. The lowest BCUT2D eigenvalue weighted by Gasteiger charge is -2.13. The molecule has 1 rings (SSSR count). The van der Waals surface area contributed by atoms with Crippen molar-refractivity contribution in [2.45, 2.75) is 26.7 Å². The van der Waals surface area contributed by atoms with Crippen molar-refractivity contribution in [1.29, 1.82) is 0 Å². The van der Waals surface area contributed by atoms with Gasteiger partial charge in [-0.3, -0.25) is 4.79 Å². The molecule has 0 aliphatic heterocycles. The molecule has 0 aliphatic rings. The van der Waals surface area contributed by atoms with Crippen LogP contribution in [-0.2, 0) is 35.0 Å². The van der Waals surface area contributed by atoms with Gasteiger partial charge in [-0.15, -0.1) is 0 Å². The summed E-state index contributed by atoms with van der Waals surface area (Å²) >= 11 is 0. The standard InChI is InChI=1S/C18H22O6/c1-4-23-16(19)12-15(18(21)24-5-2)14(17(20)22-3)11-13-9-7-6-8-10-13/h6-10H,4-5,11-12H2,1-3H3/b15-14+. The van der Waals surface area contributed by atoms with E-state index in [2.05, 4.69) is 0 Å². The Kier molecular flexibility index (Phi) is 8.25. The zero-order chi connectivity index (χ0) is 17.9. The van der Waals surface area contributed by atoms with Crippen LogP contribution >= 0.6 is 0 Å². The van der Waals surface area contributed by atoms with Crippen molar-refractivity contribution < 1.29 is 28.6 Å². The average molecular weight is 334 g/mol. The summed E-state index contributed by atoms with van der Waals surface area (Å²) < 4.78 is 14.6. The lowest BCUT2D eigenvalue weighted by atomic mass is 9.98. The van der Waals surface area contributed by atoms with Crippen LogP contribution in [0.1, 0.15) is 25.8 Å². The fourth-order valence-corrected chi connectivity index (χ4v) is 2.10. The van der Waals surface area contributed by atoms with E-state index in [4.69, 9.17) is 14.2 Å². The van der Waals surface area contributed by atoms with E-state index in [1.807, 2.05) is 30.3 Å². The largest absolute Gasteiger partial charge is 0.466 e. The van der Waals surface area contributed by atoms with E-state index in [-0.39, 0.29) is 37.2 Å². The second-order valence-electron chi connectivity index (χ2n) is 4.81. The Bertz CT molecular complexity index is 603. The van der Waals surface area contributed by atoms with E-state index in [1.165, 1.54) is 7.11 Å². The van der Waals surface area contributed by atoms with Gasteiger partial charge in [-0.1, -0.05) is 30.3 Å². The summed E-state index contributed by atoms with van der Waals surface area (Å²) in [6.07, 6.45) is -0.189. The first kappa shape index (κ1) is 19.4. The van der Waals surface area contributed by atoms with Gasteiger partial charge in [0, 0.05) is 6.42 Å². The van der Waals surface area contributed by atoms with Crippen molar-refractivity contribution >= 4 is 17.9 Å². The molecule has 0 spiro atoms. The molecule has 0 bridgehead atoms. The Morgan fingerprint density at radius 2 is 1.50 bits per heavy atom. The van der Waals surface area contributed by atoms with Crippen molar-refractivity contribution in [2.24, 2.45) is 0 Å². The summed E-state index contributed by atoms with van der Waals surface area (Å²) in [5, 5.41) is 0. The van der Waals surface area contributed by atoms with Crippen LogP contribution in [0, 0.1) is 0 Å². The fraction of sp³-hybridized carbons (Fsp3) is 0.389. The summed E-state index contributed by atoms with van der Waals surface area (Å²) in [6.45, 7) is 3.62. The van der Waals surface area contributed by atoms with E-state index >= 15 is 0 Å². The number of methoxy groups -OCH3 is 1. The molecule has 0 saturated carbocycles. The molecule has 0 radical (unpaired) electrons. The van der Waals surface area contributed by atoms with Crippen LogP contribution in [0.25, 0.3) is 0 Å². The van der Waals surface area contributed by atoms with Gasteiger partial charge in [0.1, 0.15) is 0 Å². The number of carbonyl (C=O) groups excluding carboxylic acids is 3. The van der Waals surface area contributed by atoms with Gasteiger partial charge < -0.3 is 14.2 Å². The summed E-state index contributed by atoms with van der Waals surface area (Å²) in [5.74, 6) is -2.00. The van der Waals surface area contributed by atoms with E-state index in [9.17, 15) is 14.4 Å². The summed E-state index contributed by atoms with van der Waals surface area (Å²) in [5.41, 5.74) is 0.866. The molecule has 0 aromatic heterocycles. The highest BCUT2D eigenvalue weighted by atomic mass is 16.5. The molecule has 6 nitrogen and oxygen atoms in total. The van der Waals surface area contributed by atoms with Crippen LogP contribution in [-0.4, -0.2) is 38.2 Å². The highest BCUT2D eigenvalue weighted by Crippen LogP contribution is 2.19. The maximum Gasteiger partial charge on any atom is 0.335 e. The highest BCUT2D eigenvalue weighted by Gasteiger charge is 2.25. The monoisotopic (exact) mass is 334 g/mol. The van der Waals surface area contributed by atoms with Crippen molar-refractivity contribution in [3.05, 3.63) is 47.0 Å². The third-order valence-corrected chi connectivity index (χ3v) is 3.17. The Morgan fingerprint density at radius 1 is 0.875 bits per heavy atom. The molecule has 0 amide bonds. The van der Waals surface area contributed by atoms with E-state index in [1.54, 1.807) is 13.8 Å². The molecule has 0 heterocycles. The Hall–Kier alpha value is -2.63. The molecule has 0 atom stereocenters. The van der Waals surface area contributed by atoms with Crippen LogP contribution in [0.5, 0.6) is 0 Å². The molecule has 130 valence electrons. The van der Waals surface area contributed by atoms with Gasteiger partial charge in [0.15, 0.2) is 0 Å². The second kappa shape index (κ2) is 10.2. The van der Waals surface area contributed by atoms with Gasteiger partial charge in [0.05, 0.1) is 37.9 Å². The predicted molar refractivity (Wildman–Crippen MR) is 87.1 cm³/mol. The van der Waals surface area contributed by atoms with E-state index < -0.39 is 17.9 Å². The summed E-state index contributed by atoms with van der Waals surface area (Å²) in [6, 6.07) is 9.11. The first-order valence-electron chi connectivity index (χ1n) is 7.70. The Morgan fingerprint density at radius 3 is 2.04 bits per heavy atom. The number of hydrogen-bond acceptors (Lipinski definition) is 6. The van der Waals surface area contributed by atoms with Crippen LogP contribution in [0.2, 0.25) is 0 Å². The normalized spacial score (nSPS) is 11.3. The molecule has 0 saturated heterocycles. The first-order valence-corrected chi connectivity index (χ1v) is 7.70. The number of esters is 3. The molecule has 0 fully saturated rings. The lowest BCUT2D eigenvalue weighted by Crippen LogP contribution is -2.20. The highest BCUT2D eigenvalue weighted by molar-refractivity contribution is 6.03. The van der Waals surface area contributed by atoms with Crippen LogP contribution in [0.3, 0.4) is 0 Å². The molecule has 24 heavy (non-hydrogen) atoms.